The van der Waals surface area contributed by atoms with E-state index in [0.29, 0.717) is 18.2 Å². The van der Waals surface area contributed by atoms with Crippen molar-refractivity contribution in [1.29, 1.82) is 0 Å². The molecule has 1 aliphatic carbocycles. The molecule has 3 aromatic rings. The van der Waals surface area contributed by atoms with E-state index in [1.165, 1.54) is 31.4 Å². The number of aliphatic hydroxyl groups is 1. The molecule has 5 atom stereocenters. The zero-order valence-corrected chi connectivity index (χ0v) is 18.0. The van der Waals surface area contributed by atoms with Crippen molar-refractivity contribution in [2.75, 3.05) is 13.7 Å². The van der Waals surface area contributed by atoms with Crippen molar-refractivity contribution < 1.29 is 43.5 Å². The highest BCUT2D eigenvalue weighted by Gasteiger charge is 2.79. The maximum absolute atomic E-state index is 13.2. The summed E-state index contributed by atoms with van der Waals surface area (Å²) in [5.74, 6) is -2.49. The van der Waals surface area contributed by atoms with Crippen LogP contribution in [0.4, 0.5) is 0 Å². The molecule has 3 fully saturated rings. The van der Waals surface area contributed by atoms with Gasteiger partial charge in [-0.15, -0.1) is 0 Å². The first-order valence-electron chi connectivity index (χ1n) is 11.0. The van der Waals surface area contributed by atoms with Gasteiger partial charge in [-0.05, 0) is 37.1 Å². The third-order valence-corrected chi connectivity index (χ3v) is 8.23. The lowest BCUT2D eigenvalue weighted by Crippen LogP contribution is -2.64. The number of aliphatic hydroxyl groups excluding tert-OH is 1. The zero-order valence-electron chi connectivity index (χ0n) is 18.0. The monoisotopic (exact) mass is 468 g/mol. The highest BCUT2D eigenvalue weighted by atomic mass is 16.8. The van der Waals surface area contributed by atoms with Gasteiger partial charge in [0.05, 0.1) is 22.5 Å². The van der Waals surface area contributed by atoms with Gasteiger partial charge in [-0.2, -0.15) is 0 Å². The van der Waals surface area contributed by atoms with Crippen molar-refractivity contribution in [2.45, 2.75) is 37.4 Å². The second-order valence-electron chi connectivity index (χ2n) is 9.53. The van der Waals surface area contributed by atoms with Gasteiger partial charge in [-0.25, -0.2) is 4.79 Å². The number of rotatable bonds is 1. The largest absolute Gasteiger partial charge is 0.507 e. The predicted molar refractivity (Wildman–Crippen MR) is 113 cm³/mol. The Bertz CT molecular complexity index is 1490. The Morgan fingerprint density at radius 1 is 1.06 bits per heavy atom. The van der Waals surface area contributed by atoms with Crippen LogP contribution in [-0.2, 0) is 24.8 Å². The van der Waals surface area contributed by atoms with Crippen LogP contribution in [0.3, 0.4) is 0 Å². The summed E-state index contributed by atoms with van der Waals surface area (Å²) in [7, 11) is 1.41. The molecule has 34 heavy (non-hydrogen) atoms. The standard InChI is InChI=1S/C24H20O10/c1-30-21-23-9-31-20(29)22(23,7-6-14(23)27)8-24(34-21)18-11(26)3-4-12-17(18)16-13(33-24)5-2-10(25)15(16)19(28)32-12/h2-5,14,21,25-27H,6-9H2,1H3/t14-,21-,22+,23-,24+/m0/s1. The molecule has 10 heteroatoms. The van der Waals surface area contributed by atoms with Crippen molar-refractivity contribution in [3.8, 4) is 17.2 Å². The maximum atomic E-state index is 13.2. The number of phenols is 2. The van der Waals surface area contributed by atoms with Crippen LogP contribution in [0.25, 0.3) is 21.7 Å². The molecule has 4 heterocycles. The highest BCUT2D eigenvalue weighted by Crippen LogP contribution is 2.69. The lowest BCUT2D eigenvalue weighted by atomic mass is 9.60. The van der Waals surface area contributed by atoms with Crippen LogP contribution in [0.2, 0.25) is 0 Å². The van der Waals surface area contributed by atoms with Gasteiger partial charge in [0.15, 0.2) is 6.29 Å². The van der Waals surface area contributed by atoms with Crippen LogP contribution in [0.15, 0.2) is 33.5 Å². The molecule has 10 nitrogen and oxygen atoms in total. The summed E-state index contributed by atoms with van der Waals surface area (Å²) in [6.45, 7) is -0.0628. The summed E-state index contributed by atoms with van der Waals surface area (Å²) >= 11 is 0. The first-order valence-corrected chi connectivity index (χ1v) is 11.0. The molecule has 0 bridgehead atoms. The van der Waals surface area contributed by atoms with E-state index in [0.717, 1.165) is 0 Å². The molecule has 4 aliphatic rings. The Morgan fingerprint density at radius 2 is 1.85 bits per heavy atom. The lowest BCUT2D eigenvalue weighted by Gasteiger charge is -2.54. The van der Waals surface area contributed by atoms with Crippen molar-refractivity contribution in [2.24, 2.45) is 10.8 Å². The summed E-state index contributed by atoms with van der Waals surface area (Å²) in [6.07, 6.45) is -1.41. The molecule has 176 valence electrons. The Balaban J connectivity index is 1.58. The quantitative estimate of drug-likeness (QED) is 0.275. The maximum Gasteiger partial charge on any atom is 0.348 e. The average Bonchev–Trinajstić information content (AvgIpc) is 3.27. The number of phenolic OH excluding ortho intramolecular Hbond substituents is 2. The average molecular weight is 468 g/mol. The fourth-order valence-corrected chi connectivity index (χ4v) is 6.78. The van der Waals surface area contributed by atoms with E-state index < -0.39 is 40.6 Å². The van der Waals surface area contributed by atoms with E-state index in [1.807, 2.05) is 0 Å². The number of fused-ring (bicyclic) bond motifs is 1. The van der Waals surface area contributed by atoms with Crippen molar-refractivity contribution in [3.63, 3.8) is 0 Å². The van der Waals surface area contributed by atoms with E-state index in [1.54, 1.807) is 0 Å². The van der Waals surface area contributed by atoms with Gasteiger partial charge in [0.2, 0.25) is 5.79 Å². The fourth-order valence-electron chi connectivity index (χ4n) is 6.78. The van der Waals surface area contributed by atoms with E-state index >= 15 is 0 Å². The van der Waals surface area contributed by atoms with Crippen LogP contribution in [0.5, 0.6) is 17.2 Å². The number of hydrogen-bond acceptors (Lipinski definition) is 10. The molecule has 1 saturated carbocycles. The normalized spacial score (nSPS) is 35.5. The van der Waals surface area contributed by atoms with Crippen molar-refractivity contribution in [3.05, 3.63) is 40.2 Å². The van der Waals surface area contributed by atoms with E-state index in [2.05, 4.69) is 0 Å². The fraction of sp³-hybridized carbons (Fsp3) is 0.417. The smallest absolute Gasteiger partial charge is 0.348 e. The molecular weight excluding hydrogens is 448 g/mol. The lowest BCUT2D eigenvalue weighted by molar-refractivity contribution is -0.371. The molecule has 0 amide bonds. The van der Waals surface area contributed by atoms with E-state index in [4.69, 9.17) is 23.4 Å². The summed E-state index contributed by atoms with van der Waals surface area (Å²) < 4.78 is 29.5. The number of esters is 1. The number of carbonyl (C=O) groups excluding carboxylic acids is 1. The second-order valence-corrected chi connectivity index (χ2v) is 9.53. The molecule has 2 aromatic carbocycles. The number of carbonyl (C=O) groups is 1. The number of hydrogen-bond donors (Lipinski definition) is 3. The van der Waals surface area contributed by atoms with Gasteiger partial charge in [0.25, 0.3) is 0 Å². The van der Waals surface area contributed by atoms with Crippen molar-refractivity contribution >= 4 is 27.7 Å². The van der Waals surface area contributed by atoms with Gasteiger partial charge in [-0.1, -0.05) is 0 Å². The third kappa shape index (κ3) is 1.96. The first-order chi connectivity index (χ1) is 16.3. The zero-order chi connectivity index (χ0) is 23.6. The molecule has 0 unspecified atom stereocenters. The van der Waals surface area contributed by atoms with E-state index in [-0.39, 0.29) is 52.2 Å². The molecule has 3 aliphatic heterocycles. The summed E-state index contributed by atoms with van der Waals surface area (Å²) in [6, 6.07) is 5.60. The summed E-state index contributed by atoms with van der Waals surface area (Å²) in [4.78, 5) is 25.9. The SMILES string of the molecule is CO[C@H]1O[C@@]2(C[C@@]34CC[C@H](O)[C@@]13COC4=O)Oc1ccc(O)c3c(=O)oc4ccc(O)c2c4c13. The Hall–Kier alpha value is -3.34. The van der Waals surface area contributed by atoms with Crippen LogP contribution in [0, 0.1) is 10.8 Å². The minimum Gasteiger partial charge on any atom is -0.507 e. The second kappa shape index (κ2) is 6.01. The van der Waals surface area contributed by atoms with Gasteiger partial charge < -0.3 is 38.7 Å². The molecule has 1 spiro atoms. The number of cyclic esters (lactones) is 1. The van der Waals surface area contributed by atoms with Gasteiger partial charge >= 0.3 is 11.6 Å². The highest BCUT2D eigenvalue weighted by molar-refractivity contribution is 6.13. The Labute approximate surface area is 191 Å². The van der Waals surface area contributed by atoms with Crippen LogP contribution in [-0.4, -0.2) is 47.4 Å². The summed E-state index contributed by atoms with van der Waals surface area (Å²) in [5.41, 5.74) is -2.77. The summed E-state index contributed by atoms with van der Waals surface area (Å²) in [5, 5.41) is 32.9. The molecule has 1 aromatic heterocycles. The minimum atomic E-state index is -1.72. The number of methoxy groups -OCH3 is 1. The van der Waals surface area contributed by atoms with Crippen LogP contribution >= 0.6 is 0 Å². The van der Waals surface area contributed by atoms with Crippen LogP contribution in [0.1, 0.15) is 24.8 Å². The first kappa shape index (κ1) is 20.1. The van der Waals surface area contributed by atoms with Gasteiger partial charge in [0.1, 0.15) is 34.8 Å². The third-order valence-electron chi connectivity index (χ3n) is 8.23. The molecule has 0 radical (unpaired) electrons. The van der Waals surface area contributed by atoms with Gasteiger partial charge in [0, 0.05) is 24.3 Å². The molecular formula is C24H20O10. The number of benzene rings is 2. The van der Waals surface area contributed by atoms with Gasteiger partial charge in [-0.3, -0.25) is 4.79 Å². The number of aromatic hydroxyl groups is 2. The Kier molecular flexibility index (Phi) is 3.55. The topological polar surface area (TPSA) is 145 Å². The Morgan fingerprint density at radius 3 is 2.65 bits per heavy atom. The molecule has 7 rings (SSSR count). The van der Waals surface area contributed by atoms with Crippen molar-refractivity contribution in [1.82, 2.24) is 0 Å². The van der Waals surface area contributed by atoms with Crippen LogP contribution < -0.4 is 10.4 Å². The molecule has 2 saturated heterocycles. The molecule has 3 N–H and O–H groups in total. The van der Waals surface area contributed by atoms with E-state index in [9.17, 15) is 24.9 Å². The minimum absolute atomic E-state index is 0.0628. The predicted octanol–water partition coefficient (Wildman–Crippen LogP) is 1.98. The number of ether oxygens (including phenoxy) is 4.